The summed E-state index contributed by atoms with van der Waals surface area (Å²) >= 11 is 0. The van der Waals surface area contributed by atoms with Gasteiger partial charge in [0.1, 0.15) is 0 Å². The Hall–Kier alpha value is -2.99. The van der Waals surface area contributed by atoms with E-state index in [-0.39, 0.29) is 11.7 Å². The molecule has 2 aromatic heterocycles. The Morgan fingerprint density at radius 1 is 1.26 bits per heavy atom. The second-order valence-electron chi connectivity index (χ2n) is 6.50. The number of rotatable bonds is 8. The topological polar surface area (TPSA) is 101 Å². The zero-order valence-electron chi connectivity index (χ0n) is 15.4. The number of hydrogen-bond donors (Lipinski definition) is 3. The van der Waals surface area contributed by atoms with Gasteiger partial charge >= 0.3 is 0 Å². The highest BCUT2D eigenvalue weighted by atomic mass is 16.1. The van der Waals surface area contributed by atoms with Gasteiger partial charge in [0, 0.05) is 29.1 Å². The molecule has 0 aliphatic heterocycles. The number of aryl methyl sites for hydroxylation is 1. The average molecular weight is 364 g/mol. The predicted octanol–water partition coefficient (Wildman–Crippen LogP) is 3.69. The molecule has 1 amide bonds. The summed E-state index contributed by atoms with van der Waals surface area (Å²) in [7, 11) is 0. The van der Waals surface area contributed by atoms with Crippen molar-refractivity contribution in [3.05, 3.63) is 59.5 Å². The van der Waals surface area contributed by atoms with Gasteiger partial charge in [-0.25, -0.2) is 0 Å². The molecular formula is C21H24N4O2. The molecule has 6 nitrogen and oxygen atoms in total. The molecule has 0 fully saturated rings. The number of nitrogens with one attached hydrogen (secondary N) is 2. The molecule has 0 atom stereocenters. The standard InChI is InChI=1S/C21H24N4O2/c1-2-5-19(26)20-16(7-3-10-22)17-12-14(8-9-18(17)25-20)21(27)24-15-6-4-11-23-13-15/h4,6,8-9,11-13,25H,2-3,5,7,10,22H2,1H3,(H,24,27). The summed E-state index contributed by atoms with van der Waals surface area (Å²) in [5.41, 5.74) is 9.30. The molecule has 1 aromatic carbocycles. The van der Waals surface area contributed by atoms with Gasteiger partial charge in [-0.3, -0.25) is 14.6 Å². The van der Waals surface area contributed by atoms with E-state index in [0.717, 1.165) is 29.3 Å². The highest BCUT2D eigenvalue weighted by Crippen LogP contribution is 2.26. The number of benzene rings is 1. The molecule has 140 valence electrons. The normalized spacial score (nSPS) is 10.9. The molecule has 27 heavy (non-hydrogen) atoms. The SMILES string of the molecule is CCCC(=O)c1[nH]c2ccc(C(=O)Nc3cccnc3)cc2c1CCCN. The van der Waals surface area contributed by atoms with Crippen molar-refractivity contribution in [2.75, 3.05) is 11.9 Å². The number of carbonyl (C=O) groups excluding carboxylic acids is 2. The number of anilines is 1. The van der Waals surface area contributed by atoms with Crippen LogP contribution in [-0.2, 0) is 6.42 Å². The Morgan fingerprint density at radius 3 is 2.81 bits per heavy atom. The molecule has 3 rings (SSSR count). The Labute approximate surface area is 158 Å². The van der Waals surface area contributed by atoms with Gasteiger partial charge in [0.05, 0.1) is 17.6 Å². The average Bonchev–Trinajstić information content (AvgIpc) is 3.05. The number of nitrogens with zero attached hydrogens (tertiary/aromatic N) is 1. The number of H-pyrrole nitrogens is 1. The number of hydrogen-bond acceptors (Lipinski definition) is 4. The van der Waals surface area contributed by atoms with E-state index in [0.29, 0.717) is 36.3 Å². The Balaban J connectivity index is 1.97. The van der Waals surface area contributed by atoms with Crippen LogP contribution in [0, 0.1) is 0 Å². The van der Waals surface area contributed by atoms with Gasteiger partial charge in [-0.05, 0) is 61.7 Å². The van der Waals surface area contributed by atoms with Crippen molar-refractivity contribution >= 4 is 28.3 Å². The van der Waals surface area contributed by atoms with Crippen LogP contribution in [0.4, 0.5) is 5.69 Å². The number of Topliss-reactive ketones (excluding diaryl/α,β-unsaturated/α-hetero) is 1. The van der Waals surface area contributed by atoms with Crippen LogP contribution < -0.4 is 11.1 Å². The van der Waals surface area contributed by atoms with Crippen molar-refractivity contribution in [3.8, 4) is 0 Å². The molecule has 0 spiro atoms. The van der Waals surface area contributed by atoms with Crippen LogP contribution >= 0.6 is 0 Å². The molecule has 2 heterocycles. The fourth-order valence-electron chi connectivity index (χ4n) is 3.16. The van der Waals surface area contributed by atoms with Crippen LogP contribution in [0.1, 0.15) is 52.6 Å². The Bertz CT molecular complexity index is 947. The van der Waals surface area contributed by atoms with Gasteiger partial charge in [-0.15, -0.1) is 0 Å². The van der Waals surface area contributed by atoms with Crippen molar-refractivity contribution < 1.29 is 9.59 Å². The first kappa shape index (κ1) is 18.8. The van der Waals surface area contributed by atoms with E-state index in [2.05, 4.69) is 15.3 Å². The molecule has 3 aromatic rings. The summed E-state index contributed by atoms with van der Waals surface area (Å²) in [5, 5.41) is 3.74. The zero-order valence-corrected chi connectivity index (χ0v) is 15.4. The van der Waals surface area contributed by atoms with E-state index in [9.17, 15) is 9.59 Å². The van der Waals surface area contributed by atoms with Crippen molar-refractivity contribution in [3.63, 3.8) is 0 Å². The lowest BCUT2D eigenvalue weighted by Crippen LogP contribution is -2.11. The quantitative estimate of drug-likeness (QED) is 0.531. The van der Waals surface area contributed by atoms with Crippen LogP contribution in [0.5, 0.6) is 0 Å². The van der Waals surface area contributed by atoms with Crippen molar-refractivity contribution in [1.29, 1.82) is 0 Å². The van der Waals surface area contributed by atoms with E-state index < -0.39 is 0 Å². The van der Waals surface area contributed by atoms with E-state index in [1.54, 1.807) is 30.6 Å². The number of nitrogens with two attached hydrogens (primary N) is 1. The van der Waals surface area contributed by atoms with E-state index >= 15 is 0 Å². The molecule has 0 saturated carbocycles. The van der Waals surface area contributed by atoms with Crippen molar-refractivity contribution in [2.45, 2.75) is 32.6 Å². The Kier molecular flexibility index (Phi) is 5.98. The number of amides is 1. The zero-order chi connectivity index (χ0) is 19.2. The minimum atomic E-state index is -0.211. The number of pyridine rings is 1. The van der Waals surface area contributed by atoms with Gasteiger partial charge < -0.3 is 16.0 Å². The first-order valence-corrected chi connectivity index (χ1v) is 9.23. The van der Waals surface area contributed by atoms with Crippen LogP contribution in [-0.4, -0.2) is 28.2 Å². The minimum absolute atomic E-state index is 0.0992. The first-order valence-electron chi connectivity index (χ1n) is 9.23. The van der Waals surface area contributed by atoms with Gasteiger partial charge in [0.15, 0.2) is 5.78 Å². The first-order chi connectivity index (χ1) is 13.1. The molecule has 0 aliphatic rings. The summed E-state index contributed by atoms with van der Waals surface area (Å²) in [6, 6.07) is 9.00. The highest BCUT2D eigenvalue weighted by molar-refractivity contribution is 6.08. The second kappa shape index (κ2) is 8.60. The van der Waals surface area contributed by atoms with E-state index in [1.807, 2.05) is 19.1 Å². The summed E-state index contributed by atoms with van der Waals surface area (Å²) < 4.78 is 0. The Morgan fingerprint density at radius 2 is 2.11 bits per heavy atom. The van der Waals surface area contributed by atoms with Gasteiger partial charge in [0.2, 0.25) is 0 Å². The van der Waals surface area contributed by atoms with E-state index in [1.165, 1.54) is 0 Å². The third kappa shape index (κ3) is 4.23. The lowest BCUT2D eigenvalue weighted by Gasteiger charge is -2.06. The van der Waals surface area contributed by atoms with Gasteiger partial charge in [0.25, 0.3) is 5.91 Å². The molecule has 4 N–H and O–H groups in total. The number of aromatic amines is 1. The molecule has 0 unspecified atom stereocenters. The molecule has 0 bridgehead atoms. The molecule has 0 aliphatic carbocycles. The highest BCUT2D eigenvalue weighted by Gasteiger charge is 2.18. The van der Waals surface area contributed by atoms with Crippen molar-refractivity contribution in [2.24, 2.45) is 5.73 Å². The van der Waals surface area contributed by atoms with Crippen LogP contribution in [0.3, 0.4) is 0 Å². The molecular weight excluding hydrogens is 340 g/mol. The third-order valence-corrected chi connectivity index (χ3v) is 4.47. The van der Waals surface area contributed by atoms with Crippen molar-refractivity contribution in [1.82, 2.24) is 9.97 Å². The van der Waals surface area contributed by atoms with Crippen LogP contribution in [0.15, 0.2) is 42.7 Å². The summed E-state index contributed by atoms with van der Waals surface area (Å²) in [4.78, 5) is 32.3. The van der Waals surface area contributed by atoms with Crippen LogP contribution in [0.2, 0.25) is 0 Å². The monoisotopic (exact) mass is 364 g/mol. The van der Waals surface area contributed by atoms with Gasteiger partial charge in [-0.2, -0.15) is 0 Å². The molecule has 6 heteroatoms. The largest absolute Gasteiger partial charge is 0.352 e. The van der Waals surface area contributed by atoms with Gasteiger partial charge in [-0.1, -0.05) is 6.92 Å². The number of fused-ring (bicyclic) bond motifs is 1. The molecule has 0 saturated heterocycles. The lowest BCUT2D eigenvalue weighted by atomic mass is 10.0. The third-order valence-electron chi connectivity index (χ3n) is 4.47. The second-order valence-corrected chi connectivity index (χ2v) is 6.50. The predicted molar refractivity (Wildman–Crippen MR) is 107 cm³/mol. The minimum Gasteiger partial charge on any atom is -0.352 e. The summed E-state index contributed by atoms with van der Waals surface area (Å²) in [6.45, 7) is 2.54. The number of aromatic nitrogens is 2. The van der Waals surface area contributed by atoms with E-state index in [4.69, 9.17) is 5.73 Å². The maximum atomic E-state index is 12.6. The summed E-state index contributed by atoms with van der Waals surface area (Å²) in [5.74, 6) is -0.112. The maximum absolute atomic E-state index is 12.6. The lowest BCUT2D eigenvalue weighted by molar-refractivity contribution is 0.0975. The number of ketones is 1. The maximum Gasteiger partial charge on any atom is 0.255 e. The fourth-order valence-corrected chi connectivity index (χ4v) is 3.16. The number of carbonyl (C=O) groups is 2. The summed E-state index contributed by atoms with van der Waals surface area (Å²) in [6.07, 6.45) is 6.03. The van der Waals surface area contributed by atoms with Crippen LogP contribution in [0.25, 0.3) is 10.9 Å². The fraction of sp³-hybridized carbons (Fsp3) is 0.286. The smallest absolute Gasteiger partial charge is 0.255 e. The molecule has 0 radical (unpaired) electrons.